The molecule has 0 N–H and O–H groups in total. The van der Waals surface area contributed by atoms with E-state index in [9.17, 15) is 0 Å². The second-order valence-electron chi connectivity index (χ2n) is 8.50. The molecule has 0 aliphatic heterocycles. The summed E-state index contributed by atoms with van der Waals surface area (Å²) in [5, 5.41) is 0.896. The van der Waals surface area contributed by atoms with Crippen LogP contribution in [0.5, 0.6) is 0 Å². The van der Waals surface area contributed by atoms with Crippen LogP contribution in [0.2, 0.25) is 59.6 Å². The molecule has 0 aromatic rings. The molecule has 0 aromatic heterocycles. The van der Waals surface area contributed by atoms with E-state index in [0.29, 0.717) is 0 Å². The van der Waals surface area contributed by atoms with Crippen LogP contribution in [0.4, 0.5) is 0 Å². The maximum Gasteiger partial charge on any atom is 0.249 e. The molecular weight excluding hydrogens is 364 g/mol. The highest BCUT2D eigenvalue weighted by molar-refractivity contribution is 7.00. The van der Waals surface area contributed by atoms with Gasteiger partial charge in [-0.25, -0.2) is 0 Å². The van der Waals surface area contributed by atoms with Gasteiger partial charge in [0.2, 0.25) is 8.32 Å². The summed E-state index contributed by atoms with van der Waals surface area (Å²) in [7, 11) is -4.16. The molecule has 0 aliphatic rings. The molecule has 1 nitrogen and oxygen atoms in total. The summed E-state index contributed by atoms with van der Waals surface area (Å²) < 4.78 is 6.70. The number of hydrogen-bond acceptors (Lipinski definition) is 1. The normalized spacial score (nSPS) is 14.2. The van der Waals surface area contributed by atoms with Crippen molar-refractivity contribution in [1.82, 2.24) is 0 Å². The Hall–Kier alpha value is 0.191. The Morgan fingerprint density at radius 1 is 0.615 bits per heavy atom. The summed E-state index contributed by atoms with van der Waals surface area (Å²) in [6.45, 7) is 24.4. The van der Waals surface area contributed by atoms with Crippen molar-refractivity contribution in [3.8, 4) is 0 Å². The lowest BCUT2D eigenvalue weighted by atomic mass is 10.4. The second-order valence-corrected chi connectivity index (χ2v) is 24.6. The Morgan fingerprint density at radius 3 is 1.15 bits per heavy atom. The fraction of sp³-hybridized carbons (Fsp3) is 0.909. The maximum atomic E-state index is 6.70. The molecule has 0 saturated heterocycles. The molecule has 0 fully saturated rings. The van der Waals surface area contributed by atoms with Crippen LogP contribution in [0, 0.1) is 0 Å². The smallest absolute Gasteiger partial charge is 0.249 e. The summed E-state index contributed by atoms with van der Waals surface area (Å²) in [4.78, 5) is 0. The van der Waals surface area contributed by atoms with E-state index in [1.807, 2.05) is 0 Å². The summed E-state index contributed by atoms with van der Waals surface area (Å²) in [6.07, 6.45) is 2.30. The van der Waals surface area contributed by atoms with Gasteiger partial charge in [-0.1, -0.05) is 98.6 Å². The molecule has 0 rings (SSSR count). The van der Waals surface area contributed by atoms with Crippen LogP contribution in [0.1, 0.15) is 69.2 Å². The van der Waals surface area contributed by atoms with Gasteiger partial charge in [0.25, 0.3) is 0 Å². The van der Waals surface area contributed by atoms with Crippen LogP contribution >= 0.6 is 0 Å². The molecule has 0 atom stereocenters. The average molecular weight is 415 g/mol. The third-order valence-electron chi connectivity index (χ3n) is 8.33. The van der Waals surface area contributed by atoms with Crippen LogP contribution in [-0.2, 0) is 4.43 Å². The molecule has 4 heteroatoms. The lowest BCUT2D eigenvalue weighted by Crippen LogP contribution is -2.53. The van der Waals surface area contributed by atoms with Gasteiger partial charge < -0.3 is 4.43 Å². The monoisotopic (exact) mass is 414 g/mol. The van der Waals surface area contributed by atoms with Crippen molar-refractivity contribution in [3.05, 3.63) is 11.8 Å². The molecule has 156 valence electrons. The van der Waals surface area contributed by atoms with Crippen LogP contribution in [-0.4, -0.2) is 24.5 Å². The van der Waals surface area contributed by atoms with Gasteiger partial charge in [0.15, 0.2) is 0 Å². The summed E-state index contributed by atoms with van der Waals surface area (Å²) in [5.41, 5.74) is 1.63. The molecule has 0 radical (unpaired) electrons. The van der Waals surface area contributed by atoms with E-state index >= 15 is 0 Å². The third kappa shape index (κ3) is 5.38. The van der Waals surface area contributed by atoms with E-state index in [1.54, 1.807) is 5.57 Å². The quantitative estimate of drug-likeness (QED) is 0.204. The lowest BCUT2D eigenvalue weighted by molar-refractivity contribution is 0.451. The standard InChI is InChI=1S/C22H50OSi3/c1-11-24(12-2,13-3)22(25(14-4,15-5)16-6)21(10)20-23-26(17-7,18-8)19-9/h20,22H,11-19H2,1-10H3/b21-20-. The van der Waals surface area contributed by atoms with Gasteiger partial charge in [-0.15, -0.1) is 0 Å². The molecule has 0 bridgehead atoms. The maximum absolute atomic E-state index is 6.70. The fourth-order valence-corrected chi connectivity index (χ4v) is 24.4. The minimum absolute atomic E-state index is 0.896. The van der Waals surface area contributed by atoms with Crippen molar-refractivity contribution < 1.29 is 4.43 Å². The highest BCUT2D eigenvalue weighted by Crippen LogP contribution is 2.49. The Bertz CT molecular complexity index is 363. The summed E-state index contributed by atoms with van der Waals surface area (Å²) in [6, 6.07) is 12.3. The molecule has 0 spiro atoms. The molecule has 0 aliphatic carbocycles. The van der Waals surface area contributed by atoms with Crippen molar-refractivity contribution in [2.45, 2.75) is 129 Å². The molecule has 0 heterocycles. The summed E-state index contributed by atoms with van der Waals surface area (Å²) in [5.74, 6) is 0. The Kier molecular flexibility index (Phi) is 12.0. The highest BCUT2D eigenvalue weighted by atomic mass is 28.4. The first-order chi connectivity index (χ1) is 12.3. The van der Waals surface area contributed by atoms with Crippen LogP contribution in [0.3, 0.4) is 0 Å². The van der Waals surface area contributed by atoms with Gasteiger partial charge in [-0.3, -0.25) is 0 Å². The van der Waals surface area contributed by atoms with E-state index in [2.05, 4.69) is 75.5 Å². The van der Waals surface area contributed by atoms with Crippen molar-refractivity contribution in [1.29, 1.82) is 0 Å². The van der Waals surface area contributed by atoms with E-state index in [-0.39, 0.29) is 0 Å². The molecule has 0 aromatic carbocycles. The Labute approximate surface area is 169 Å². The molecule has 0 unspecified atom stereocenters. The third-order valence-corrected chi connectivity index (χ3v) is 28.3. The molecule has 26 heavy (non-hydrogen) atoms. The topological polar surface area (TPSA) is 9.23 Å². The van der Waals surface area contributed by atoms with Gasteiger partial charge in [-0.2, -0.15) is 0 Å². The molecule has 0 amide bonds. The van der Waals surface area contributed by atoms with Gasteiger partial charge in [-0.05, 0) is 35.8 Å². The Morgan fingerprint density at radius 2 is 0.923 bits per heavy atom. The van der Waals surface area contributed by atoms with E-state index in [4.69, 9.17) is 4.43 Å². The van der Waals surface area contributed by atoms with Crippen LogP contribution < -0.4 is 0 Å². The van der Waals surface area contributed by atoms with E-state index < -0.39 is 24.5 Å². The minimum atomic E-state index is -1.55. The van der Waals surface area contributed by atoms with Crippen LogP contribution in [0.25, 0.3) is 0 Å². The molecule has 0 saturated carbocycles. The highest BCUT2D eigenvalue weighted by Gasteiger charge is 2.49. The summed E-state index contributed by atoms with van der Waals surface area (Å²) >= 11 is 0. The van der Waals surface area contributed by atoms with Gasteiger partial charge >= 0.3 is 0 Å². The van der Waals surface area contributed by atoms with Crippen molar-refractivity contribution >= 4 is 24.5 Å². The number of allylic oxidation sites excluding steroid dienone is 1. The first kappa shape index (κ1) is 26.2. The first-order valence-electron chi connectivity index (χ1n) is 11.6. The van der Waals surface area contributed by atoms with Crippen molar-refractivity contribution in [3.63, 3.8) is 0 Å². The predicted octanol–water partition coefficient (Wildman–Crippen LogP) is 8.84. The van der Waals surface area contributed by atoms with Crippen molar-refractivity contribution in [2.75, 3.05) is 0 Å². The zero-order chi connectivity index (χ0) is 20.4. The predicted molar refractivity (Wildman–Crippen MR) is 130 cm³/mol. The van der Waals surface area contributed by atoms with Crippen molar-refractivity contribution in [2.24, 2.45) is 0 Å². The van der Waals surface area contributed by atoms with Crippen LogP contribution in [0.15, 0.2) is 11.8 Å². The zero-order valence-electron chi connectivity index (χ0n) is 19.9. The first-order valence-corrected chi connectivity index (χ1v) is 19.6. The number of hydrogen-bond donors (Lipinski definition) is 0. The second kappa shape index (κ2) is 11.9. The molecular formula is C22H50OSi3. The SMILES string of the molecule is CC[Si](CC)(CC)O/C=C(/C)C([Si](CC)(CC)CC)[Si](CC)(CC)CC. The Balaban J connectivity index is 6.20. The zero-order valence-corrected chi connectivity index (χ0v) is 22.9. The largest absolute Gasteiger partial charge is 0.549 e. The fourth-order valence-electron chi connectivity index (χ4n) is 5.63. The van der Waals surface area contributed by atoms with E-state index in [1.165, 1.54) is 54.4 Å². The lowest BCUT2D eigenvalue weighted by Gasteiger charge is -2.49. The van der Waals surface area contributed by atoms with Gasteiger partial charge in [0.1, 0.15) is 0 Å². The van der Waals surface area contributed by atoms with Gasteiger partial charge in [0, 0.05) is 0 Å². The van der Waals surface area contributed by atoms with Gasteiger partial charge in [0.05, 0.1) is 22.4 Å². The minimum Gasteiger partial charge on any atom is -0.549 e. The number of rotatable bonds is 14. The van der Waals surface area contributed by atoms with E-state index in [0.717, 1.165) is 5.16 Å². The average Bonchev–Trinajstić information content (AvgIpc) is 2.70.